The lowest BCUT2D eigenvalue weighted by Crippen LogP contribution is -2.41. The second-order valence-corrected chi connectivity index (χ2v) is 6.50. The van der Waals surface area contributed by atoms with E-state index in [0.29, 0.717) is 11.0 Å². The van der Waals surface area contributed by atoms with Gasteiger partial charge in [-0.05, 0) is 53.2 Å². The Morgan fingerprint density at radius 3 is 2.27 bits per heavy atom. The van der Waals surface area contributed by atoms with Gasteiger partial charge in [-0.25, -0.2) is 9.18 Å². The average Bonchev–Trinajstić information content (AvgIpc) is 2.60. The lowest BCUT2D eigenvalue weighted by Gasteiger charge is -2.32. The summed E-state index contributed by atoms with van der Waals surface area (Å²) in [5.74, 6) is -1.06. The van der Waals surface area contributed by atoms with Crippen molar-refractivity contribution in [3.63, 3.8) is 0 Å². The number of esters is 1. The molecule has 4 nitrogen and oxygen atoms in total. The van der Waals surface area contributed by atoms with Crippen LogP contribution in [0.25, 0.3) is 0 Å². The molecule has 1 aromatic carbocycles. The van der Waals surface area contributed by atoms with Crippen molar-refractivity contribution in [2.24, 2.45) is 0 Å². The standard InChI is InChI=1S/C16H22BFO4/c1-7-20-14(19)11-9-13(18)12(8-10(11)2)17-21-15(3,4)16(5,6)22-17/h8-9H,7H2,1-6H3. The number of hydrogen-bond acceptors (Lipinski definition) is 4. The maximum Gasteiger partial charge on any atom is 0.497 e. The fourth-order valence-corrected chi connectivity index (χ4v) is 2.28. The van der Waals surface area contributed by atoms with Crippen molar-refractivity contribution in [1.82, 2.24) is 0 Å². The van der Waals surface area contributed by atoms with Crippen LogP contribution in [0.2, 0.25) is 0 Å². The van der Waals surface area contributed by atoms with Crippen molar-refractivity contribution in [3.8, 4) is 0 Å². The van der Waals surface area contributed by atoms with Gasteiger partial charge in [-0.2, -0.15) is 0 Å². The van der Waals surface area contributed by atoms with Gasteiger partial charge < -0.3 is 14.0 Å². The monoisotopic (exact) mass is 308 g/mol. The van der Waals surface area contributed by atoms with Gasteiger partial charge in [-0.3, -0.25) is 0 Å². The molecule has 1 fully saturated rings. The number of aryl methyl sites for hydroxylation is 1. The number of benzene rings is 1. The summed E-state index contributed by atoms with van der Waals surface area (Å²) in [4.78, 5) is 11.8. The van der Waals surface area contributed by atoms with Crippen LogP contribution in [-0.4, -0.2) is 30.9 Å². The quantitative estimate of drug-likeness (QED) is 0.636. The van der Waals surface area contributed by atoms with E-state index >= 15 is 0 Å². The van der Waals surface area contributed by atoms with Crippen LogP contribution < -0.4 is 5.46 Å². The molecule has 0 spiro atoms. The third-order valence-corrected chi connectivity index (χ3v) is 4.35. The van der Waals surface area contributed by atoms with Crippen molar-refractivity contribution < 1.29 is 23.2 Å². The van der Waals surface area contributed by atoms with Crippen LogP contribution in [0.5, 0.6) is 0 Å². The highest BCUT2D eigenvalue weighted by Gasteiger charge is 2.52. The van der Waals surface area contributed by atoms with Crippen LogP contribution in [0.4, 0.5) is 4.39 Å². The third-order valence-electron chi connectivity index (χ3n) is 4.35. The van der Waals surface area contributed by atoms with Gasteiger partial charge in [0.05, 0.1) is 23.4 Å². The fourth-order valence-electron chi connectivity index (χ4n) is 2.28. The van der Waals surface area contributed by atoms with Crippen LogP contribution in [0, 0.1) is 12.7 Å². The van der Waals surface area contributed by atoms with Crippen molar-refractivity contribution in [2.75, 3.05) is 6.61 Å². The van der Waals surface area contributed by atoms with Crippen LogP contribution in [-0.2, 0) is 14.0 Å². The summed E-state index contributed by atoms with van der Waals surface area (Å²) in [6.07, 6.45) is 0. The minimum Gasteiger partial charge on any atom is -0.462 e. The number of ether oxygens (including phenoxy) is 1. The summed E-state index contributed by atoms with van der Waals surface area (Å²) in [6, 6.07) is 2.78. The fraction of sp³-hybridized carbons (Fsp3) is 0.562. The Bertz CT molecular complexity index is 582. The van der Waals surface area contributed by atoms with E-state index in [1.165, 1.54) is 6.07 Å². The Kier molecular flexibility index (Phi) is 4.37. The molecule has 22 heavy (non-hydrogen) atoms. The predicted molar refractivity (Wildman–Crippen MR) is 82.8 cm³/mol. The van der Waals surface area contributed by atoms with E-state index in [9.17, 15) is 9.18 Å². The highest BCUT2D eigenvalue weighted by atomic mass is 19.1. The first kappa shape index (κ1) is 17.0. The van der Waals surface area contributed by atoms with Crippen molar-refractivity contribution >= 4 is 18.6 Å². The molecule has 0 atom stereocenters. The molecule has 0 saturated carbocycles. The van der Waals surface area contributed by atoms with E-state index in [2.05, 4.69) is 0 Å². The van der Waals surface area contributed by atoms with E-state index in [-0.39, 0.29) is 12.2 Å². The second kappa shape index (κ2) is 5.67. The zero-order valence-electron chi connectivity index (χ0n) is 14.0. The molecule has 0 unspecified atom stereocenters. The van der Waals surface area contributed by atoms with Crippen molar-refractivity contribution in [3.05, 3.63) is 29.1 Å². The van der Waals surface area contributed by atoms with E-state index in [1.54, 1.807) is 19.9 Å². The lowest BCUT2D eigenvalue weighted by atomic mass is 9.77. The summed E-state index contributed by atoms with van der Waals surface area (Å²) in [5.41, 5.74) is 0.0590. The van der Waals surface area contributed by atoms with E-state index in [0.717, 1.165) is 0 Å². The first-order chi connectivity index (χ1) is 10.1. The Labute approximate surface area is 131 Å². The van der Waals surface area contributed by atoms with Crippen molar-refractivity contribution in [1.29, 1.82) is 0 Å². The Balaban J connectivity index is 2.35. The van der Waals surface area contributed by atoms with Gasteiger partial charge in [0.15, 0.2) is 0 Å². The van der Waals surface area contributed by atoms with Crippen LogP contribution in [0.3, 0.4) is 0 Å². The Morgan fingerprint density at radius 2 is 1.77 bits per heavy atom. The van der Waals surface area contributed by atoms with Gasteiger partial charge >= 0.3 is 13.1 Å². The maximum atomic E-state index is 14.4. The lowest BCUT2D eigenvalue weighted by molar-refractivity contribution is 0.00578. The summed E-state index contributed by atoms with van der Waals surface area (Å²) >= 11 is 0. The molecule has 1 aliphatic heterocycles. The predicted octanol–water partition coefficient (Wildman–Crippen LogP) is 2.61. The molecule has 0 amide bonds. The van der Waals surface area contributed by atoms with E-state index < -0.39 is 30.1 Å². The van der Waals surface area contributed by atoms with Crippen LogP contribution in [0.1, 0.15) is 50.5 Å². The molecule has 0 N–H and O–H groups in total. The minimum absolute atomic E-state index is 0.222. The second-order valence-electron chi connectivity index (χ2n) is 6.50. The molecule has 1 heterocycles. The molecule has 6 heteroatoms. The molecule has 0 aliphatic carbocycles. The molecule has 0 bridgehead atoms. The number of halogens is 1. The van der Waals surface area contributed by atoms with E-state index in [4.69, 9.17) is 14.0 Å². The molecular formula is C16H22BFO4. The van der Waals surface area contributed by atoms with Gasteiger partial charge in [0, 0.05) is 5.46 Å². The largest absolute Gasteiger partial charge is 0.497 e. The molecule has 2 rings (SSSR count). The summed E-state index contributed by atoms with van der Waals surface area (Å²) < 4.78 is 31.1. The van der Waals surface area contributed by atoms with Gasteiger partial charge in [-0.1, -0.05) is 6.07 Å². The van der Waals surface area contributed by atoms with Gasteiger partial charge in [0.1, 0.15) is 5.82 Å². The number of hydrogen-bond donors (Lipinski definition) is 0. The Hall–Kier alpha value is -1.40. The SMILES string of the molecule is CCOC(=O)c1cc(F)c(B2OC(C)(C)C(C)(C)O2)cc1C. The first-order valence-corrected chi connectivity index (χ1v) is 7.42. The zero-order valence-corrected chi connectivity index (χ0v) is 14.0. The number of carbonyl (C=O) groups excluding carboxylic acids is 1. The minimum atomic E-state index is -0.792. The topological polar surface area (TPSA) is 44.8 Å². The molecule has 1 aliphatic rings. The first-order valence-electron chi connectivity index (χ1n) is 7.42. The van der Waals surface area contributed by atoms with Gasteiger partial charge in [0.2, 0.25) is 0 Å². The Morgan fingerprint density at radius 1 is 1.23 bits per heavy atom. The molecular weight excluding hydrogens is 286 g/mol. The molecule has 1 aromatic rings. The highest BCUT2D eigenvalue weighted by molar-refractivity contribution is 6.62. The average molecular weight is 308 g/mol. The number of carbonyl (C=O) groups is 1. The van der Waals surface area contributed by atoms with E-state index in [1.807, 2.05) is 27.7 Å². The molecule has 120 valence electrons. The summed E-state index contributed by atoms with van der Waals surface area (Å²) in [6.45, 7) is 11.3. The summed E-state index contributed by atoms with van der Waals surface area (Å²) in [7, 11) is -0.792. The van der Waals surface area contributed by atoms with Crippen LogP contribution >= 0.6 is 0 Å². The highest BCUT2D eigenvalue weighted by Crippen LogP contribution is 2.36. The molecule has 0 aromatic heterocycles. The zero-order chi connectivity index (χ0) is 16.7. The third kappa shape index (κ3) is 2.90. The van der Waals surface area contributed by atoms with Crippen LogP contribution in [0.15, 0.2) is 12.1 Å². The normalized spacial score (nSPS) is 19.3. The summed E-state index contributed by atoms with van der Waals surface area (Å²) in [5, 5.41) is 0. The maximum absolute atomic E-state index is 14.4. The van der Waals surface area contributed by atoms with Crippen molar-refractivity contribution in [2.45, 2.75) is 52.7 Å². The van der Waals surface area contributed by atoms with Gasteiger partial charge in [0.25, 0.3) is 0 Å². The molecule has 0 radical (unpaired) electrons. The smallest absolute Gasteiger partial charge is 0.462 e. The van der Waals surface area contributed by atoms with Gasteiger partial charge in [-0.15, -0.1) is 0 Å². The number of rotatable bonds is 3. The molecule has 1 saturated heterocycles.